The standard InChI is InChI=1S/C25H29N7O4/c1-2-3-8-36-25(35)18-9-17(10-19(26)11-18)20-13-31-23(29)24(34)32(20)14-21(33)30-12-15-4-6-16(7-5-15)22(27)28/h4-7,9-11,13H,2-3,8,12,14,26H2,1H3,(H3,27,28)(H2,29,31)(H,30,33). The number of hydrogen-bond donors (Lipinski definition) is 5. The zero-order valence-electron chi connectivity index (χ0n) is 19.9. The van der Waals surface area contributed by atoms with E-state index in [0.717, 1.165) is 18.4 Å². The highest BCUT2D eigenvalue weighted by atomic mass is 16.5. The van der Waals surface area contributed by atoms with Crippen molar-refractivity contribution in [3.63, 3.8) is 0 Å². The first-order chi connectivity index (χ1) is 17.2. The van der Waals surface area contributed by atoms with E-state index < -0.39 is 17.4 Å². The third-order valence-corrected chi connectivity index (χ3v) is 5.36. The first kappa shape index (κ1) is 25.9. The Hall–Kier alpha value is -4.67. The topological polar surface area (TPSA) is 192 Å². The second-order valence-electron chi connectivity index (χ2n) is 8.14. The van der Waals surface area contributed by atoms with E-state index in [2.05, 4.69) is 10.3 Å². The average molecular weight is 492 g/mol. The summed E-state index contributed by atoms with van der Waals surface area (Å²) in [5, 5.41) is 10.2. The molecule has 0 aliphatic carbocycles. The smallest absolute Gasteiger partial charge is 0.338 e. The van der Waals surface area contributed by atoms with E-state index in [4.69, 9.17) is 27.3 Å². The number of esters is 1. The van der Waals surface area contributed by atoms with Crippen molar-refractivity contribution in [2.24, 2.45) is 5.73 Å². The van der Waals surface area contributed by atoms with E-state index in [0.29, 0.717) is 11.1 Å². The molecule has 11 nitrogen and oxygen atoms in total. The molecule has 0 radical (unpaired) electrons. The number of carbonyl (C=O) groups is 2. The van der Waals surface area contributed by atoms with Gasteiger partial charge in [0.15, 0.2) is 5.82 Å². The van der Waals surface area contributed by atoms with E-state index in [-0.39, 0.29) is 48.3 Å². The van der Waals surface area contributed by atoms with Gasteiger partial charge in [-0.2, -0.15) is 0 Å². The maximum Gasteiger partial charge on any atom is 0.338 e. The first-order valence-corrected chi connectivity index (χ1v) is 11.3. The van der Waals surface area contributed by atoms with Crippen LogP contribution in [0, 0.1) is 5.41 Å². The maximum absolute atomic E-state index is 12.8. The van der Waals surface area contributed by atoms with Crippen molar-refractivity contribution in [1.29, 1.82) is 5.41 Å². The number of carbonyl (C=O) groups excluding carboxylic acids is 2. The van der Waals surface area contributed by atoms with E-state index in [1.165, 1.54) is 22.9 Å². The Bertz CT molecular complexity index is 1330. The number of nitrogens with two attached hydrogens (primary N) is 3. The van der Waals surface area contributed by atoms with Crippen LogP contribution in [0.25, 0.3) is 11.3 Å². The Morgan fingerprint density at radius 2 is 1.83 bits per heavy atom. The van der Waals surface area contributed by atoms with Crippen LogP contribution < -0.4 is 28.1 Å². The minimum Gasteiger partial charge on any atom is -0.462 e. The molecule has 0 bridgehead atoms. The highest BCUT2D eigenvalue weighted by Crippen LogP contribution is 2.23. The highest BCUT2D eigenvalue weighted by Gasteiger charge is 2.17. The van der Waals surface area contributed by atoms with Gasteiger partial charge in [-0.15, -0.1) is 0 Å². The molecule has 3 rings (SSSR count). The number of aromatic nitrogens is 2. The zero-order valence-corrected chi connectivity index (χ0v) is 19.9. The molecule has 0 spiro atoms. The summed E-state index contributed by atoms with van der Waals surface area (Å²) >= 11 is 0. The van der Waals surface area contributed by atoms with Crippen molar-refractivity contribution >= 4 is 29.2 Å². The molecule has 2 aromatic carbocycles. The Morgan fingerprint density at radius 3 is 2.50 bits per heavy atom. The fraction of sp³-hybridized carbons (Fsp3) is 0.240. The second-order valence-corrected chi connectivity index (χ2v) is 8.14. The van der Waals surface area contributed by atoms with E-state index >= 15 is 0 Å². The fourth-order valence-electron chi connectivity index (χ4n) is 3.40. The number of benzene rings is 2. The number of rotatable bonds is 10. The lowest BCUT2D eigenvalue weighted by atomic mass is 10.1. The van der Waals surface area contributed by atoms with Crippen molar-refractivity contribution in [3.8, 4) is 11.3 Å². The number of nitrogens with one attached hydrogen (secondary N) is 2. The SMILES string of the molecule is CCCCOC(=O)c1cc(N)cc(-c2cnc(N)c(=O)n2CC(=O)NCc2ccc(C(=N)N)cc2)c1. The molecule has 1 heterocycles. The first-order valence-electron chi connectivity index (χ1n) is 11.3. The highest BCUT2D eigenvalue weighted by molar-refractivity contribution is 5.95. The fourth-order valence-corrected chi connectivity index (χ4v) is 3.40. The predicted molar refractivity (Wildman–Crippen MR) is 137 cm³/mol. The predicted octanol–water partition coefficient (Wildman–Crippen LogP) is 1.63. The van der Waals surface area contributed by atoms with Crippen LogP contribution in [0.4, 0.5) is 11.5 Å². The molecule has 0 fully saturated rings. The minimum atomic E-state index is -0.650. The molecule has 1 amide bonds. The van der Waals surface area contributed by atoms with Crippen LogP contribution in [0.2, 0.25) is 0 Å². The number of amidine groups is 1. The maximum atomic E-state index is 12.8. The summed E-state index contributed by atoms with van der Waals surface area (Å²) in [6.07, 6.45) is 2.97. The van der Waals surface area contributed by atoms with Crippen LogP contribution >= 0.6 is 0 Å². The summed E-state index contributed by atoms with van der Waals surface area (Å²) in [7, 11) is 0. The average Bonchev–Trinajstić information content (AvgIpc) is 2.85. The van der Waals surface area contributed by atoms with Crippen molar-refractivity contribution in [3.05, 3.63) is 75.7 Å². The number of hydrogen-bond acceptors (Lipinski definition) is 8. The quantitative estimate of drug-likeness (QED) is 0.0928. The summed E-state index contributed by atoms with van der Waals surface area (Å²) < 4.78 is 6.44. The van der Waals surface area contributed by atoms with Gasteiger partial charge in [-0.3, -0.25) is 19.6 Å². The van der Waals surface area contributed by atoms with E-state index in [9.17, 15) is 14.4 Å². The summed E-state index contributed by atoms with van der Waals surface area (Å²) in [5.74, 6) is -1.30. The largest absolute Gasteiger partial charge is 0.462 e. The van der Waals surface area contributed by atoms with Gasteiger partial charge >= 0.3 is 5.97 Å². The van der Waals surface area contributed by atoms with Gasteiger partial charge in [-0.1, -0.05) is 37.6 Å². The molecule has 0 saturated carbocycles. The van der Waals surface area contributed by atoms with Crippen molar-refractivity contribution in [1.82, 2.24) is 14.9 Å². The number of nitrogen functional groups attached to an aromatic ring is 3. The van der Waals surface area contributed by atoms with Crippen LogP contribution in [-0.2, 0) is 22.6 Å². The number of anilines is 2. The molecule has 11 heteroatoms. The van der Waals surface area contributed by atoms with Gasteiger partial charge in [0.25, 0.3) is 5.56 Å². The third kappa shape index (κ3) is 6.47. The van der Waals surface area contributed by atoms with Crippen molar-refractivity contribution < 1.29 is 14.3 Å². The van der Waals surface area contributed by atoms with Gasteiger partial charge in [-0.25, -0.2) is 9.78 Å². The lowest BCUT2D eigenvalue weighted by Gasteiger charge is -2.15. The van der Waals surface area contributed by atoms with Gasteiger partial charge < -0.3 is 27.3 Å². The van der Waals surface area contributed by atoms with E-state index in [1.54, 1.807) is 30.3 Å². The summed E-state index contributed by atoms with van der Waals surface area (Å²) in [5.41, 5.74) is 19.1. The lowest BCUT2D eigenvalue weighted by molar-refractivity contribution is -0.121. The number of ether oxygens (including phenoxy) is 1. The van der Waals surface area contributed by atoms with Crippen LogP contribution in [0.1, 0.15) is 41.3 Å². The van der Waals surface area contributed by atoms with Crippen LogP contribution in [0.3, 0.4) is 0 Å². The number of unbranched alkanes of at least 4 members (excludes halogenated alkanes) is 1. The van der Waals surface area contributed by atoms with Crippen molar-refractivity contribution in [2.75, 3.05) is 18.1 Å². The van der Waals surface area contributed by atoms with Gasteiger partial charge in [-0.05, 0) is 30.2 Å². The normalized spacial score (nSPS) is 10.6. The van der Waals surface area contributed by atoms with Crippen LogP contribution in [-0.4, -0.2) is 33.9 Å². The molecule has 3 aromatic rings. The van der Waals surface area contributed by atoms with Gasteiger partial charge in [0.1, 0.15) is 12.4 Å². The summed E-state index contributed by atoms with van der Waals surface area (Å²) in [6, 6.07) is 11.4. The molecule has 8 N–H and O–H groups in total. The molecular formula is C25H29N7O4. The summed E-state index contributed by atoms with van der Waals surface area (Å²) in [4.78, 5) is 41.9. The molecule has 0 aliphatic rings. The molecule has 0 atom stereocenters. The Labute approximate surface area is 207 Å². The Morgan fingerprint density at radius 1 is 1.11 bits per heavy atom. The van der Waals surface area contributed by atoms with Gasteiger partial charge in [0.2, 0.25) is 5.91 Å². The molecule has 0 aliphatic heterocycles. The summed E-state index contributed by atoms with van der Waals surface area (Å²) in [6.45, 7) is 2.14. The Balaban J connectivity index is 1.83. The zero-order chi connectivity index (χ0) is 26.2. The molecule has 1 aromatic heterocycles. The lowest BCUT2D eigenvalue weighted by Crippen LogP contribution is -2.34. The van der Waals surface area contributed by atoms with E-state index in [1.807, 2.05) is 6.92 Å². The second kappa shape index (κ2) is 11.6. The van der Waals surface area contributed by atoms with Crippen molar-refractivity contribution in [2.45, 2.75) is 32.9 Å². The molecular weight excluding hydrogens is 462 g/mol. The molecule has 0 saturated heterocycles. The third-order valence-electron chi connectivity index (χ3n) is 5.36. The Kier molecular flexibility index (Phi) is 8.39. The van der Waals surface area contributed by atoms with Crippen LogP contribution in [0.5, 0.6) is 0 Å². The molecule has 188 valence electrons. The van der Waals surface area contributed by atoms with Gasteiger partial charge in [0.05, 0.1) is 24.1 Å². The number of nitrogens with zero attached hydrogens (tertiary/aromatic N) is 2. The van der Waals surface area contributed by atoms with Gasteiger partial charge in [0, 0.05) is 23.4 Å². The van der Waals surface area contributed by atoms with Crippen LogP contribution in [0.15, 0.2) is 53.5 Å². The molecule has 0 unspecified atom stereocenters. The molecule has 36 heavy (non-hydrogen) atoms. The monoisotopic (exact) mass is 491 g/mol. The number of amides is 1. The minimum absolute atomic E-state index is 0.0494.